The Hall–Kier alpha value is -3.39. The molecule has 3 aromatic rings. The molecule has 0 radical (unpaired) electrons. The van der Waals surface area contributed by atoms with Crippen molar-refractivity contribution in [2.75, 3.05) is 20.7 Å². The van der Waals surface area contributed by atoms with Crippen LogP contribution in [0, 0.1) is 5.92 Å². The monoisotopic (exact) mass is 443 g/mol. The molecule has 1 aromatic heterocycles. The topological polar surface area (TPSA) is 74.5 Å². The number of tetrazole rings is 1. The summed E-state index contributed by atoms with van der Waals surface area (Å²) in [7, 11) is 3.95. The molecule has 0 saturated carbocycles. The molecular weight excluding hydrogens is 418 g/mol. The number of benzene rings is 2. The van der Waals surface area contributed by atoms with Gasteiger partial charge >= 0.3 is 6.01 Å². The van der Waals surface area contributed by atoms with Crippen LogP contribution in [-0.2, 0) is 11.8 Å². The summed E-state index contributed by atoms with van der Waals surface area (Å²) in [5.41, 5.74) is 3.40. The second-order valence-corrected chi connectivity index (χ2v) is 9.41. The van der Waals surface area contributed by atoms with Crippen molar-refractivity contribution in [2.45, 2.75) is 36.5 Å². The number of likely N-dealkylation sites (tertiary alicyclic amines) is 1. The predicted molar refractivity (Wildman–Crippen MR) is 120 cm³/mol. The second-order valence-electron chi connectivity index (χ2n) is 9.41. The van der Waals surface area contributed by atoms with E-state index >= 15 is 0 Å². The molecular formula is C25H25N5O3. The lowest BCUT2D eigenvalue weighted by atomic mass is 9.53. The molecule has 3 heterocycles. The molecule has 33 heavy (non-hydrogen) atoms. The fourth-order valence-electron chi connectivity index (χ4n) is 6.58. The highest BCUT2D eigenvalue weighted by Crippen LogP contribution is 2.62. The molecule has 2 aromatic carbocycles. The van der Waals surface area contributed by atoms with Gasteiger partial charge in [-0.3, -0.25) is 0 Å². The van der Waals surface area contributed by atoms with E-state index < -0.39 is 0 Å². The lowest BCUT2D eigenvalue weighted by Crippen LogP contribution is -2.65. The normalized spacial score (nSPS) is 31.1. The number of piperidine rings is 1. The van der Waals surface area contributed by atoms with Crippen LogP contribution in [0.25, 0.3) is 5.69 Å². The Morgan fingerprint density at radius 1 is 1.12 bits per heavy atom. The quantitative estimate of drug-likeness (QED) is 0.574. The smallest absolute Gasteiger partial charge is 0.341 e. The Morgan fingerprint density at radius 2 is 2.00 bits per heavy atom. The minimum Gasteiger partial charge on any atom is -0.493 e. The number of ether oxygens (including phenoxy) is 3. The standard InChI is InChI=1S/C25H25N5O3/c1-29-13-12-25-17-9-11-20(32-24-26-27-28-30(24)16-6-4-3-5-7-16)23(25)33-22-19(31-2)10-8-15(21(22)25)14-18(17)29/h3-11,17-18,20,23H,12-14H2,1-2H3. The fraction of sp³-hybridized carbons (Fsp3) is 0.400. The van der Waals surface area contributed by atoms with Crippen LogP contribution in [0.4, 0.5) is 0 Å². The maximum absolute atomic E-state index is 6.75. The van der Waals surface area contributed by atoms with Crippen LogP contribution >= 0.6 is 0 Å². The van der Waals surface area contributed by atoms with Crippen LogP contribution in [0.2, 0.25) is 0 Å². The number of aromatic nitrogens is 4. The molecule has 168 valence electrons. The van der Waals surface area contributed by atoms with Crippen LogP contribution in [0.5, 0.6) is 17.5 Å². The zero-order valence-electron chi connectivity index (χ0n) is 18.6. The second kappa shape index (κ2) is 6.81. The van der Waals surface area contributed by atoms with Crippen molar-refractivity contribution in [1.29, 1.82) is 0 Å². The molecule has 1 saturated heterocycles. The van der Waals surface area contributed by atoms with E-state index in [0.29, 0.717) is 18.0 Å². The average Bonchev–Trinajstić information content (AvgIpc) is 3.45. The highest BCUT2D eigenvalue weighted by Gasteiger charge is 2.65. The molecule has 5 atom stereocenters. The summed E-state index contributed by atoms with van der Waals surface area (Å²) in [5, 5.41) is 12.2. The van der Waals surface area contributed by atoms with Gasteiger partial charge in [-0.05, 0) is 66.7 Å². The van der Waals surface area contributed by atoms with Crippen LogP contribution in [-0.4, -0.2) is 64.1 Å². The number of hydrogen-bond acceptors (Lipinski definition) is 7. The Labute approximate surface area is 191 Å². The van der Waals surface area contributed by atoms with Crippen LogP contribution < -0.4 is 14.2 Å². The molecule has 4 aliphatic rings. The molecule has 7 rings (SSSR count). The van der Waals surface area contributed by atoms with Gasteiger partial charge in [0.1, 0.15) is 6.10 Å². The summed E-state index contributed by atoms with van der Waals surface area (Å²) in [6, 6.07) is 14.8. The van der Waals surface area contributed by atoms with E-state index in [9.17, 15) is 0 Å². The number of rotatable bonds is 4. The molecule has 8 heteroatoms. The summed E-state index contributed by atoms with van der Waals surface area (Å²) in [6.07, 6.45) is 6.03. The van der Waals surface area contributed by atoms with Crippen molar-refractivity contribution in [3.8, 4) is 23.2 Å². The van der Waals surface area contributed by atoms with Gasteiger partial charge in [0.15, 0.2) is 17.6 Å². The van der Waals surface area contributed by atoms with E-state index in [2.05, 4.69) is 45.7 Å². The van der Waals surface area contributed by atoms with Gasteiger partial charge in [-0.25, -0.2) is 0 Å². The van der Waals surface area contributed by atoms with Crippen molar-refractivity contribution < 1.29 is 14.2 Å². The SMILES string of the molecule is COc1ccc2c3c1OC1C(Oc4nnnn4-c4ccccc4)C=CC4C(C2)N(C)CCC341. The highest BCUT2D eigenvalue weighted by atomic mass is 16.6. The van der Waals surface area contributed by atoms with Crippen LogP contribution in [0.15, 0.2) is 54.6 Å². The van der Waals surface area contributed by atoms with Crippen molar-refractivity contribution in [2.24, 2.45) is 5.92 Å². The Morgan fingerprint density at radius 3 is 2.85 bits per heavy atom. The highest BCUT2D eigenvalue weighted by molar-refractivity contribution is 5.62. The number of methoxy groups -OCH3 is 1. The fourth-order valence-corrected chi connectivity index (χ4v) is 6.58. The van der Waals surface area contributed by atoms with Crippen molar-refractivity contribution in [3.05, 3.63) is 65.7 Å². The van der Waals surface area contributed by atoms with E-state index in [1.165, 1.54) is 11.1 Å². The van der Waals surface area contributed by atoms with Gasteiger partial charge < -0.3 is 19.1 Å². The number of nitrogens with zero attached hydrogens (tertiary/aromatic N) is 5. The molecule has 8 nitrogen and oxygen atoms in total. The zero-order chi connectivity index (χ0) is 22.2. The molecule has 0 N–H and O–H groups in total. The van der Waals surface area contributed by atoms with Gasteiger partial charge in [0.25, 0.3) is 0 Å². The molecule has 2 bridgehead atoms. The van der Waals surface area contributed by atoms with Gasteiger partial charge in [-0.15, -0.1) is 0 Å². The third-order valence-corrected chi connectivity index (χ3v) is 8.02. The maximum Gasteiger partial charge on any atom is 0.341 e. The third-order valence-electron chi connectivity index (χ3n) is 8.02. The van der Waals surface area contributed by atoms with E-state index in [1.807, 2.05) is 36.4 Å². The summed E-state index contributed by atoms with van der Waals surface area (Å²) in [4.78, 5) is 2.50. The molecule has 0 amide bonds. The predicted octanol–water partition coefficient (Wildman–Crippen LogP) is 2.56. The third kappa shape index (κ3) is 2.47. The molecule has 2 aliphatic heterocycles. The van der Waals surface area contributed by atoms with Crippen molar-refractivity contribution in [3.63, 3.8) is 0 Å². The van der Waals surface area contributed by atoms with E-state index in [4.69, 9.17) is 14.2 Å². The van der Waals surface area contributed by atoms with Gasteiger partial charge in [0.05, 0.1) is 12.8 Å². The summed E-state index contributed by atoms with van der Waals surface area (Å²) >= 11 is 0. The number of hydrogen-bond donors (Lipinski definition) is 0. The van der Waals surface area contributed by atoms with Gasteiger partial charge in [-0.2, -0.15) is 4.68 Å². The minimum absolute atomic E-state index is 0.140. The molecule has 5 unspecified atom stereocenters. The van der Waals surface area contributed by atoms with Gasteiger partial charge in [-0.1, -0.05) is 35.4 Å². The van der Waals surface area contributed by atoms with E-state index in [-0.39, 0.29) is 17.6 Å². The van der Waals surface area contributed by atoms with Gasteiger partial charge in [0.2, 0.25) is 0 Å². The Bertz CT molecular complexity index is 1260. The maximum atomic E-state index is 6.75. The van der Waals surface area contributed by atoms with Crippen molar-refractivity contribution >= 4 is 0 Å². The molecule has 2 aliphatic carbocycles. The van der Waals surface area contributed by atoms with E-state index in [0.717, 1.165) is 36.6 Å². The first kappa shape index (κ1) is 19.1. The summed E-state index contributed by atoms with van der Waals surface area (Å²) in [6.45, 7) is 1.03. The first-order valence-corrected chi connectivity index (χ1v) is 11.5. The van der Waals surface area contributed by atoms with Crippen LogP contribution in [0.3, 0.4) is 0 Å². The molecule has 1 spiro atoms. The largest absolute Gasteiger partial charge is 0.493 e. The van der Waals surface area contributed by atoms with Crippen LogP contribution in [0.1, 0.15) is 17.5 Å². The number of likely N-dealkylation sites (N-methyl/N-ethyl adjacent to an activating group) is 1. The average molecular weight is 444 g/mol. The lowest BCUT2D eigenvalue weighted by Gasteiger charge is -2.56. The zero-order valence-corrected chi connectivity index (χ0v) is 18.6. The Balaban J connectivity index is 1.33. The first-order chi connectivity index (χ1) is 16.2. The van der Waals surface area contributed by atoms with E-state index in [1.54, 1.807) is 11.8 Å². The van der Waals surface area contributed by atoms with Crippen molar-refractivity contribution in [1.82, 2.24) is 25.1 Å². The number of para-hydroxylation sites is 1. The molecule has 1 fully saturated rings. The van der Waals surface area contributed by atoms with Gasteiger partial charge in [0, 0.05) is 22.9 Å². The Kier molecular flexibility index (Phi) is 3.94. The minimum atomic E-state index is -0.318. The summed E-state index contributed by atoms with van der Waals surface area (Å²) in [5.74, 6) is 2.04. The first-order valence-electron chi connectivity index (χ1n) is 11.5. The summed E-state index contributed by atoms with van der Waals surface area (Å²) < 4.78 is 20.6. The lowest BCUT2D eigenvalue weighted by molar-refractivity contribution is -0.0406.